The van der Waals surface area contributed by atoms with Gasteiger partial charge in [0.2, 0.25) is 0 Å². The molecule has 0 bridgehead atoms. The maximum Gasteiger partial charge on any atom is 0.310 e. The van der Waals surface area contributed by atoms with E-state index in [1.165, 1.54) is 6.07 Å². The van der Waals surface area contributed by atoms with Gasteiger partial charge in [-0.2, -0.15) is 0 Å². The summed E-state index contributed by atoms with van der Waals surface area (Å²) in [7, 11) is 1.65. The van der Waals surface area contributed by atoms with Crippen LogP contribution in [0.5, 0.6) is 5.75 Å². The summed E-state index contributed by atoms with van der Waals surface area (Å²) in [5, 5.41) is 14.2. The van der Waals surface area contributed by atoms with Crippen LogP contribution in [-0.2, 0) is 11.3 Å². The summed E-state index contributed by atoms with van der Waals surface area (Å²) >= 11 is 0. The maximum absolute atomic E-state index is 11.0. The van der Waals surface area contributed by atoms with Crippen LogP contribution in [0.4, 0.5) is 5.69 Å². The lowest BCUT2D eigenvalue weighted by Gasteiger charge is -2.10. The van der Waals surface area contributed by atoms with Gasteiger partial charge in [-0.1, -0.05) is 19.9 Å². The van der Waals surface area contributed by atoms with Gasteiger partial charge in [0.05, 0.1) is 18.1 Å². The van der Waals surface area contributed by atoms with Crippen molar-refractivity contribution >= 4 is 5.69 Å². The molecule has 6 nitrogen and oxygen atoms in total. The number of methoxy groups -OCH3 is 1. The second-order valence-electron chi connectivity index (χ2n) is 5.26. The van der Waals surface area contributed by atoms with Crippen molar-refractivity contribution in [1.29, 1.82) is 0 Å². The lowest BCUT2D eigenvalue weighted by atomic mass is 10.1. The molecule has 21 heavy (non-hydrogen) atoms. The van der Waals surface area contributed by atoms with E-state index in [0.717, 1.165) is 18.5 Å². The second-order valence-corrected chi connectivity index (χ2v) is 5.26. The maximum atomic E-state index is 11.0. The monoisotopic (exact) mass is 296 g/mol. The van der Waals surface area contributed by atoms with E-state index >= 15 is 0 Å². The first-order valence-electron chi connectivity index (χ1n) is 7.14. The van der Waals surface area contributed by atoms with E-state index in [0.29, 0.717) is 31.4 Å². The van der Waals surface area contributed by atoms with Gasteiger partial charge in [0.1, 0.15) is 0 Å². The number of nitro groups is 1. The Kier molecular flexibility index (Phi) is 7.71. The molecule has 0 saturated heterocycles. The zero-order valence-corrected chi connectivity index (χ0v) is 12.9. The van der Waals surface area contributed by atoms with E-state index in [1.54, 1.807) is 19.2 Å². The van der Waals surface area contributed by atoms with Crippen molar-refractivity contribution in [2.24, 2.45) is 5.92 Å². The fourth-order valence-corrected chi connectivity index (χ4v) is 1.75. The normalized spacial score (nSPS) is 10.9. The summed E-state index contributed by atoms with van der Waals surface area (Å²) < 4.78 is 10.5. The third-order valence-corrected chi connectivity index (χ3v) is 2.99. The lowest BCUT2D eigenvalue weighted by molar-refractivity contribution is -0.385. The van der Waals surface area contributed by atoms with Crippen LogP contribution < -0.4 is 10.1 Å². The van der Waals surface area contributed by atoms with Crippen LogP contribution >= 0.6 is 0 Å². The van der Waals surface area contributed by atoms with Crippen molar-refractivity contribution in [1.82, 2.24) is 5.32 Å². The Bertz CT molecular complexity index is 449. The van der Waals surface area contributed by atoms with E-state index in [-0.39, 0.29) is 5.69 Å². The Hall–Kier alpha value is -1.66. The zero-order valence-electron chi connectivity index (χ0n) is 12.9. The van der Waals surface area contributed by atoms with Gasteiger partial charge in [-0.05, 0) is 24.0 Å². The van der Waals surface area contributed by atoms with Crippen LogP contribution in [-0.4, -0.2) is 31.8 Å². The Morgan fingerprint density at radius 1 is 1.33 bits per heavy atom. The lowest BCUT2D eigenvalue weighted by Crippen LogP contribution is -2.18. The molecule has 0 saturated carbocycles. The summed E-state index contributed by atoms with van der Waals surface area (Å²) in [6, 6.07) is 4.98. The smallest absolute Gasteiger partial charge is 0.310 e. The molecule has 0 aliphatic heterocycles. The molecule has 1 aromatic rings. The van der Waals surface area contributed by atoms with Crippen LogP contribution in [0.25, 0.3) is 0 Å². The minimum Gasteiger partial charge on any atom is -0.487 e. The Labute approximate surface area is 125 Å². The molecule has 6 heteroatoms. The van der Waals surface area contributed by atoms with Gasteiger partial charge in [0.15, 0.2) is 5.75 Å². The molecule has 0 aliphatic carbocycles. The quantitative estimate of drug-likeness (QED) is 0.408. The third-order valence-electron chi connectivity index (χ3n) is 2.99. The Balaban J connectivity index is 2.68. The van der Waals surface area contributed by atoms with Crippen LogP contribution in [0.1, 0.15) is 25.8 Å². The second kappa shape index (κ2) is 9.31. The standard InChI is InChI=1S/C15H24N2O4/c1-12(2)6-8-21-15-10-13(11-16-7-9-20-3)4-5-14(15)17(18)19/h4-5,10,12,16H,6-9,11H2,1-3H3. The van der Waals surface area contributed by atoms with E-state index in [9.17, 15) is 10.1 Å². The SMILES string of the molecule is COCCNCc1ccc([N+](=O)[O-])c(OCCC(C)C)c1. The van der Waals surface area contributed by atoms with E-state index < -0.39 is 4.92 Å². The summed E-state index contributed by atoms with van der Waals surface area (Å²) in [5.74, 6) is 0.842. The fourth-order valence-electron chi connectivity index (χ4n) is 1.75. The zero-order chi connectivity index (χ0) is 15.7. The van der Waals surface area contributed by atoms with Gasteiger partial charge >= 0.3 is 5.69 Å². The van der Waals surface area contributed by atoms with Crippen molar-refractivity contribution in [2.75, 3.05) is 26.9 Å². The summed E-state index contributed by atoms with van der Waals surface area (Å²) in [5.41, 5.74) is 0.968. The number of ether oxygens (including phenoxy) is 2. The van der Waals surface area contributed by atoms with Crippen LogP contribution in [0.2, 0.25) is 0 Å². The highest BCUT2D eigenvalue weighted by Crippen LogP contribution is 2.28. The molecule has 1 rings (SSSR count). The Morgan fingerprint density at radius 2 is 2.10 bits per heavy atom. The summed E-state index contributed by atoms with van der Waals surface area (Å²) in [6.07, 6.45) is 0.869. The molecular weight excluding hydrogens is 272 g/mol. The molecule has 0 spiro atoms. The van der Waals surface area contributed by atoms with Gasteiger partial charge in [0.25, 0.3) is 0 Å². The van der Waals surface area contributed by atoms with Crippen molar-refractivity contribution in [3.63, 3.8) is 0 Å². The van der Waals surface area contributed by atoms with Crippen LogP contribution in [0, 0.1) is 16.0 Å². The molecule has 0 aliphatic rings. The minimum absolute atomic E-state index is 0.0133. The van der Waals surface area contributed by atoms with Gasteiger partial charge in [0, 0.05) is 26.3 Å². The highest BCUT2D eigenvalue weighted by molar-refractivity contribution is 5.48. The van der Waals surface area contributed by atoms with Gasteiger partial charge in [-0.3, -0.25) is 10.1 Å². The predicted molar refractivity (Wildman–Crippen MR) is 81.6 cm³/mol. The van der Waals surface area contributed by atoms with Gasteiger partial charge < -0.3 is 14.8 Å². The number of nitrogens with zero attached hydrogens (tertiary/aromatic N) is 1. The highest BCUT2D eigenvalue weighted by atomic mass is 16.6. The number of benzene rings is 1. The van der Waals surface area contributed by atoms with Crippen LogP contribution in [0.15, 0.2) is 18.2 Å². The summed E-state index contributed by atoms with van der Waals surface area (Å²) in [6.45, 7) is 6.66. The molecule has 0 amide bonds. The Morgan fingerprint density at radius 3 is 2.71 bits per heavy atom. The number of nitro benzene ring substituents is 1. The van der Waals surface area contributed by atoms with E-state index in [4.69, 9.17) is 9.47 Å². The highest BCUT2D eigenvalue weighted by Gasteiger charge is 2.15. The number of nitrogens with one attached hydrogen (secondary N) is 1. The van der Waals surface area contributed by atoms with Crippen molar-refractivity contribution < 1.29 is 14.4 Å². The van der Waals surface area contributed by atoms with Gasteiger partial charge in [-0.15, -0.1) is 0 Å². The van der Waals surface area contributed by atoms with E-state index in [1.807, 2.05) is 0 Å². The average molecular weight is 296 g/mol. The van der Waals surface area contributed by atoms with E-state index in [2.05, 4.69) is 19.2 Å². The molecule has 118 valence electrons. The first-order chi connectivity index (χ1) is 10.0. The molecule has 0 unspecified atom stereocenters. The predicted octanol–water partition coefficient (Wildman–Crippen LogP) is 2.76. The first-order valence-corrected chi connectivity index (χ1v) is 7.14. The molecule has 0 fully saturated rings. The molecule has 0 radical (unpaired) electrons. The van der Waals surface area contributed by atoms with Crippen molar-refractivity contribution in [2.45, 2.75) is 26.8 Å². The first kappa shape index (κ1) is 17.4. The fraction of sp³-hybridized carbons (Fsp3) is 0.600. The molecule has 0 atom stereocenters. The largest absolute Gasteiger partial charge is 0.487 e. The summed E-state index contributed by atoms with van der Waals surface area (Å²) in [4.78, 5) is 10.6. The molecule has 1 N–H and O–H groups in total. The number of hydrogen-bond acceptors (Lipinski definition) is 5. The molecular formula is C15H24N2O4. The molecule has 0 heterocycles. The minimum atomic E-state index is -0.410. The van der Waals surface area contributed by atoms with Crippen LogP contribution in [0.3, 0.4) is 0 Å². The molecule has 0 aromatic heterocycles. The van der Waals surface area contributed by atoms with Crippen molar-refractivity contribution in [3.8, 4) is 5.75 Å². The van der Waals surface area contributed by atoms with Gasteiger partial charge in [-0.25, -0.2) is 0 Å². The topological polar surface area (TPSA) is 73.6 Å². The third kappa shape index (κ3) is 6.55. The van der Waals surface area contributed by atoms with Crippen molar-refractivity contribution in [3.05, 3.63) is 33.9 Å². The average Bonchev–Trinajstić information content (AvgIpc) is 2.43. The molecule has 1 aromatic carbocycles. The number of rotatable bonds is 10. The number of hydrogen-bond donors (Lipinski definition) is 1.